The molecule has 1 aromatic rings. The normalized spacial score (nSPS) is 23.0. The van der Waals surface area contributed by atoms with E-state index in [1.54, 1.807) is 12.1 Å². The second kappa shape index (κ2) is 13.2. The lowest BCUT2D eigenvalue weighted by molar-refractivity contribution is -0.139. The van der Waals surface area contributed by atoms with E-state index in [4.69, 9.17) is 4.74 Å². The largest absolute Gasteiger partial charge is 0.444 e. The van der Waals surface area contributed by atoms with Gasteiger partial charge in [-0.25, -0.2) is 17.6 Å². The maximum absolute atomic E-state index is 14.3. The lowest BCUT2D eigenvalue weighted by atomic mass is 9.97. The Labute approximate surface area is 279 Å². The molecule has 0 aromatic heterocycles. The summed E-state index contributed by atoms with van der Waals surface area (Å²) in [4.78, 5) is 68.3. The minimum atomic E-state index is -3.92. The number of amides is 4. The number of sulfonamides is 1. The maximum Gasteiger partial charge on any atom is 0.410 e. The number of carbonyl (C=O) groups is 5. The molecule has 1 aromatic carbocycles. The third kappa shape index (κ3) is 7.80. The fourth-order valence-corrected chi connectivity index (χ4v) is 7.15. The van der Waals surface area contributed by atoms with Crippen LogP contribution in [0.1, 0.15) is 76.8 Å². The average molecular weight is 683 g/mol. The Morgan fingerprint density at radius 1 is 1.12 bits per heavy atom. The van der Waals surface area contributed by atoms with Gasteiger partial charge in [-0.3, -0.25) is 28.8 Å². The number of rotatable bonds is 10. The van der Waals surface area contributed by atoms with E-state index in [0.29, 0.717) is 24.0 Å². The summed E-state index contributed by atoms with van der Waals surface area (Å²) in [6.07, 6.45) is -0.842. The summed E-state index contributed by atoms with van der Waals surface area (Å²) in [5.41, 5.74) is 1.84. The lowest BCUT2D eigenvalue weighted by Crippen LogP contribution is -2.56. The van der Waals surface area contributed by atoms with Gasteiger partial charge in [0.1, 0.15) is 18.0 Å². The third-order valence-corrected chi connectivity index (χ3v) is 10.5. The van der Waals surface area contributed by atoms with Crippen molar-refractivity contribution >= 4 is 39.6 Å². The van der Waals surface area contributed by atoms with E-state index in [9.17, 15) is 36.8 Å². The van der Waals surface area contributed by atoms with E-state index in [-0.39, 0.29) is 68.5 Å². The molecule has 0 spiro atoms. The number of carbonyl (C=O) groups excluding carboxylic acids is 5. The number of likely N-dealkylation sites (tertiary alicyclic amines) is 1. The number of nitrogens with zero attached hydrogens (tertiary/aromatic N) is 2. The molecule has 2 aliphatic heterocycles. The van der Waals surface area contributed by atoms with Crippen LogP contribution in [0, 0.1) is 23.1 Å². The number of hydrogen-bond donors (Lipinski definition) is 2. The van der Waals surface area contributed by atoms with Gasteiger partial charge in [-0.1, -0.05) is 24.6 Å². The van der Waals surface area contributed by atoms with Crippen molar-refractivity contribution in [2.75, 3.05) is 6.54 Å². The molecule has 2 N–H and O–H groups in total. The number of ketones is 1. The Hall–Kier alpha value is -4.47. The van der Waals surface area contributed by atoms with Crippen LogP contribution in [0.15, 0.2) is 36.1 Å². The minimum Gasteiger partial charge on any atom is -0.444 e. The highest BCUT2D eigenvalue weighted by Crippen LogP contribution is 2.43. The van der Waals surface area contributed by atoms with Crippen LogP contribution in [0.4, 0.5) is 9.18 Å². The van der Waals surface area contributed by atoms with Gasteiger partial charge in [0.25, 0.3) is 5.91 Å². The highest BCUT2D eigenvalue weighted by atomic mass is 32.2. The van der Waals surface area contributed by atoms with Crippen molar-refractivity contribution < 1.29 is 41.5 Å². The molecule has 2 saturated carbocycles. The van der Waals surface area contributed by atoms with E-state index >= 15 is 0 Å². The number of nitrogens with one attached hydrogen (secondary N) is 2. The first kappa shape index (κ1) is 34.9. The summed E-state index contributed by atoms with van der Waals surface area (Å²) >= 11 is 0. The monoisotopic (exact) mass is 682 g/mol. The molecule has 12 nitrogen and oxygen atoms in total. The van der Waals surface area contributed by atoms with E-state index < -0.39 is 62.6 Å². The Kier molecular flexibility index (Phi) is 9.59. The van der Waals surface area contributed by atoms with Crippen molar-refractivity contribution in [1.29, 1.82) is 0 Å². The van der Waals surface area contributed by atoms with Gasteiger partial charge in [0, 0.05) is 48.8 Å². The minimum absolute atomic E-state index is 0.00428. The van der Waals surface area contributed by atoms with Crippen LogP contribution in [0.25, 0.3) is 0 Å². The molecule has 14 heteroatoms. The molecule has 48 heavy (non-hydrogen) atoms. The summed E-state index contributed by atoms with van der Waals surface area (Å²) in [5, 5.41) is 1.94. The zero-order chi connectivity index (χ0) is 35.0. The molecule has 2 heterocycles. The van der Waals surface area contributed by atoms with Crippen molar-refractivity contribution in [3.63, 3.8) is 0 Å². The average Bonchev–Trinajstić information content (AvgIpc) is 3.90. The second-order valence-corrected chi connectivity index (χ2v) is 15.7. The molecule has 0 bridgehead atoms. The van der Waals surface area contributed by atoms with Crippen LogP contribution in [0.5, 0.6) is 0 Å². The standard InChI is InChI=1S/C34H39FN4O8S/c1-5-22-17-34(22,31(43)37-48(45,46)25-12-13-25)36-30(42)28-16-24(47-32(44)38-18-21-8-6-10-27(35)26(21)20-38)19-39(28)29(41)11-7-9-23(40)14-15-33(2,3)4/h6,8,10,24-25,28H,1,7,9,11-13,16-20H2,2-4H3,(H,36,42)(H,37,43)/t24-,28?,34-/m1/s1. The predicted molar refractivity (Wildman–Crippen MR) is 170 cm³/mol. The molecule has 2 aliphatic carbocycles. The molecule has 0 radical (unpaired) electrons. The summed E-state index contributed by atoms with van der Waals surface area (Å²) in [7, 11) is -3.92. The Bertz CT molecular complexity index is 1780. The van der Waals surface area contributed by atoms with Crippen LogP contribution in [0.3, 0.4) is 0 Å². The SMILES string of the molecule is C=C=C1C[C@]1(NC(=O)C1C[C@@H](OC(=O)N2Cc3cccc(F)c3C2)CN1C(=O)CCCC(=O)C#CC(C)(C)C)C(=O)NS(=O)(=O)C1CC1. The van der Waals surface area contributed by atoms with Crippen molar-refractivity contribution in [2.24, 2.45) is 5.41 Å². The van der Waals surface area contributed by atoms with Gasteiger partial charge >= 0.3 is 6.09 Å². The van der Waals surface area contributed by atoms with Gasteiger partial charge in [-0.05, 0) is 57.6 Å². The third-order valence-electron chi connectivity index (χ3n) is 8.68. The molecule has 1 unspecified atom stereocenters. The van der Waals surface area contributed by atoms with Crippen LogP contribution >= 0.6 is 0 Å². The van der Waals surface area contributed by atoms with Crippen LogP contribution in [0.2, 0.25) is 0 Å². The Morgan fingerprint density at radius 2 is 1.85 bits per heavy atom. The zero-order valence-corrected chi connectivity index (χ0v) is 28.0. The zero-order valence-electron chi connectivity index (χ0n) is 27.2. The molecule has 5 rings (SSSR count). The Balaban J connectivity index is 1.28. The molecule has 4 aliphatic rings. The van der Waals surface area contributed by atoms with Gasteiger partial charge in [0.15, 0.2) is 5.54 Å². The number of Topliss-reactive ketones (excluding diaryl/α,β-unsaturated/α-hetero) is 1. The van der Waals surface area contributed by atoms with Crippen molar-refractivity contribution in [1.82, 2.24) is 19.8 Å². The fraction of sp³-hybridized carbons (Fsp3) is 0.529. The number of hydrogen-bond acceptors (Lipinski definition) is 8. The highest BCUT2D eigenvalue weighted by Gasteiger charge is 2.59. The van der Waals surface area contributed by atoms with E-state index in [1.165, 1.54) is 15.9 Å². The fourth-order valence-electron chi connectivity index (χ4n) is 5.80. The highest BCUT2D eigenvalue weighted by molar-refractivity contribution is 7.91. The van der Waals surface area contributed by atoms with Gasteiger partial charge in [-0.15, -0.1) is 5.73 Å². The van der Waals surface area contributed by atoms with Gasteiger partial charge < -0.3 is 15.0 Å². The molecular formula is C34H39FN4O8S. The molecule has 3 atom stereocenters. The molecule has 1 saturated heterocycles. The summed E-state index contributed by atoms with van der Waals surface area (Å²) in [5.74, 6) is 2.50. The van der Waals surface area contributed by atoms with Crippen LogP contribution < -0.4 is 10.0 Å². The van der Waals surface area contributed by atoms with Crippen molar-refractivity contribution in [3.05, 3.63) is 53.0 Å². The van der Waals surface area contributed by atoms with Crippen LogP contribution in [-0.2, 0) is 47.0 Å². The quantitative estimate of drug-likeness (QED) is 0.217. The van der Waals surface area contributed by atoms with Gasteiger partial charge in [0.05, 0.1) is 18.3 Å². The summed E-state index contributed by atoms with van der Waals surface area (Å²) in [6, 6.07) is 3.39. The first-order valence-corrected chi connectivity index (χ1v) is 17.4. The molecule has 4 amide bonds. The smallest absolute Gasteiger partial charge is 0.410 e. The van der Waals surface area contributed by atoms with E-state index in [0.717, 1.165) is 0 Å². The topological polar surface area (TPSA) is 159 Å². The molecular weight excluding hydrogens is 643 g/mol. The first-order chi connectivity index (χ1) is 22.5. The molecule has 3 fully saturated rings. The molecule has 256 valence electrons. The Morgan fingerprint density at radius 3 is 2.48 bits per heavy atom. The number of ether oxygens (including phenoxy) is 1. The van der Waals surface area contributed by atoms with Crippen molar-refractivity contribution in [3.8, 4) is 11.8 Å². The second-order valence-electron chi connectivity index (χ2n) is 13.7. The number of fused-ring (bicyclic) bond motifs is 1. The number of halogens is 1. The summed E-state index contributed by atoms with van der Waals surface area (Å²) < 4.78 is 47.0. The van der Waals surface area contributed by atoms with Crippen molar-refractivity contribution in [2.45, 2.75) is 102 Å². The van der Waals surface area contributed by atoms with Gasteiger partial charge in [0.2, 0.25) is 27.6 Å². The van der Waals surface area contributed by atoms with E-state index in [1.807, 2.05) is 20.8 Å². The number of benzene rings is 1. The van der Waals surface area contributed by atoms with E-state index in [2.05, 4.69) is 34.2 Å². The predicted octanol–water partition coefficient (Wildman–Crippen LogP) is 2.61. The van der Waals surface area contributed by atoms with Gasteiger partial charge in [-0.2, -0.15) is 0 Å². The van der Waals surface area contributed by atoms with Crippen LogP contribution in [-0.4, -0.2) is 77.3 Å². The summed E-state index contributed by atoms with van der Waals surface area (Å²) in [6.45, 7) is 9.14. The first-order valence-electron chi connectivity index (χ1n) is 15.9. The lowest BCUT2D eigenvalue weighted by Gasteiger charge is -2.26. The maximum atomic E-state index is 14.3.